The van der Waals surface area contributed by atoms with Crippen molar-refractivity contribution >= 4 is 23.5 Å². The zero-order valence-corrected chi connectivity index (χ0v) is 14.6. The molecule has 24 heavy (non-hydrogen) atoms. The van der Waals surface area contributed by atoms with Gasteiger partial charge in [-0.15, -0.1) is 0 Å². The number of benzene rings is 1. The molecule has 0 aliphatic carbocycles. The molecule has 1 atom stereocenters. The minimum absolute atomic E-state index is 0.0979. The fourth-order valence-corrected chi connectivity index (χ4v) is 1.84. The molecule has 0 saturated carbocycles. The van der Waals surface area contributed by atoms with Crippen molar-refractivity contribution in [3.63, 3.8) is 0 Å². The van der Waals surface area contributed by atoms with Gasteiger partial charge in [-0.2, -0.15) is 0 Å². The number of carbonyl (C=O) groups excluding carboxylic acids is 2. The van der Waals surface area contributed by atoms with E-state index < -0.39 is 18.0 Å². The van der Waals surface area contributed by atoms with E-state index in [2.05, 4.69) is 16.6 Å². The largest absolute Gasteiger partial charge is 0.479 e. The zero-order valence-electron chi connectivity index (χ0n) is 13.8. The van der Waals surface area contributed by atoms with E-state index in [0.717, 1.165) is 5.56 Å². The number of hydrogen-bond acceptors (Lipinski definition) is 5. The molecule has 6 heteroatoms. The lowest BCUT2D eigenvalue weighted by atomic mass is 10.2. The van der Waals surface area contributed by atoms with Gasteiger partial charge in [0.05, 0.1) is 6.61 Å². The molecule has 0 fully saturated rings. The number of rotatable bonds is 6. The molecular weight excluding hydrogens is 332 g/mol. The van der Waals surface area contributed by atoms with Gasteiger partial charge in [0.25, 0.3) is 0 Å². The highest BCUT2D eigenvalue weighted by molar-refractivity contribution is 6.30. The Kier molecular flexibility index (Phi) is 8.45. The lowest BCUT2D eigenvalue weighted by molar-refractivity contribution is -0.149. The first-order chi connectivity index (χ1) is 11.4. The minimum atomic E-state index is -0.776. The van der Waals surface area contributed by atoms with Gasteiger partial charge in [0.1, 0.15) is 5.75 Å². The fourth-order valence-electron chi connectivity index (χ4n) is 1.61. The number of aryl methyl sites for hydroxylation is 1. The van der Waals surface area contributed by atoms with Gasteiger partial charge in [0.2, 0.25) is 0 Å². The van der Waals surface area contributed by atoms with Gasteiger partial charge >= 0.3 is 11.9 Å². The highest BCUT2D eigenvalue weighted by Gasteiger charge is 2.16. The molecule has 0 aliphatic rings. The van der Waals surface area contributed by atoms with Crippen molar-refractivity contribution in [3.8, 4) is 17.6 Å². The smallest absolute Gasteiger partial charge is 0.347 e. The quantitative estimate of drug-likeness (QED) is 0.448. The summed E-state index contributed by atoms with van der Waals surface area (Å²) in [6.07, 6.45) is 1.76. The van der Waals surface area contributed by atoms with Crippen molar-refractivity contribution in [1.29, 1.82) is 0 Å². The summed E-state index contributed by atoms with van der Waals surface area (Å²) in [4.78, 5) is 22.8. The third kappa shape index (κ3) is 7.21. The van der Waals surface area contributed by atoms with E-state index in [0.29, 0.717) is 17.4 Å². The maximum Gasteiger partial charge on any atom is 0.347 e. The number of carbonyl (C=O) groups is 2. The van der Waals surface area contributed by atoms with E-state index in [-0.39, 0.29) is 6.61 Å². The van der Waals surface area contributed by atoms with Crippen molar-refractivity contribution in [2.75, 3.05) is 13.2 Å². The van der Waals surface area contributed by atoms with Crippen LogP contribution in [-0.2, 0) is 19.1 Å². The molecule has 1 unspecified atom stereocenters. The topological polar surface area (TPSA) is 61.8 Å². The second-order valence-corrected chi connectivity index (χ2v) is 5.12. The predicted molar refractivity (Wildman–Crippen MR) is 90.8 cm³/mol. The van der Waals surface area contributed by atoms with E-state index in [9.17, 15) is 9.59 Å². The number of halogens is 1. The lowest BCUT2D eigenvalue weighted by Crippen LogP contribution is -2.26. The minimum Gasteiger partial charge on any atom is -0.479 e. The second-order valence-electron chi connectivity index (χ2n) is 4.68. The van der Waals surface area contributed by atoms with Crippen molar-refractivity contribution in [3.05, 3.63) is 40.9 Å². The van der Waals surface area contributed by atoms with Crippen LogP contribution in [0.5, 0.6) is 5.75 Å². The van der Waals surface area contributed by atoms with Gasteiger partial charge in [-0.05, 0) is 50.6 Å². The van der Waals surface area contributed by atoms with Crippen molar-refractivity contribution in [1.82, 2.24) is 0 Å². The number of hydrogen-bond donors (Lipinski definition) is 0. The Balaban J connectivity index is 2.41. The predicted octanol–water partition coefficient (Wildman–Crippen LogP) is 3.08. The monoisotopic (exact) mass is 350 g/mol. The Bertz CT molecular complexity index is 670. The maximum absolute atomic E-state index is 11.8. The lowest BCUT2D eigenvalue weighted by Gasteiger charge is -2.14. The Morgan fingerprint density at radius 2 is 2.08 bits per heavy atom. The average molecular weight is 351 g/mol. The fraction of sp³-hybridized carbons (Fsp3) is 0.333. The molecule has 0 bridgehead atoms. The van der Waals surface area contributed by atoms with Gasteiger partial charge < -0.3 is 14.2 Å². The summed E-state index contributed by atoms with van der Waals surface area (Å²) in [5.41, 5.74) is 0.825. The maximum atomic E-state index is 11.8. The molecule has 0 N–H and O–H groups in total. The SMILES string of the molecule is CCOC(=O)/C=C/C#CCOC(=O)C(C)Oc1ccc(Cl)cc1C. The van der Waals surface area contributed by atoms with E-state index in [1.165, 1.54) is 12.2 Å². The van der Waals surface area contributed by atoms with Crippen LogP contribution in [0.15, 0.2) is 30.4 Å². The molecule has 0 spiro atoms. The van der Waals surface area contributed by atoms with Crippen LogP contribution in [0.25, 0.3) is 0 Å². The Labute approximate surface area is 146 Å². The molecule has 1 aromatic rings. The molecule has 0 aromatic heterocycles. The van der Waals surface area contributed by atoms with Gasteiger partial charge in [-0.25, -0.2) is 9.59 Å². The molecule has 1 aromatic carbocycles. The van der Waals surface area contributed by atoms with Crippen molar-refractivity contribution in [2.24, 2.45) is 0 Å². The van der Waals surface area contributed by atoms with E-state index >= 15 is 0 Å². The van der Waals surface area contributed by atoms with Crippen LogP contribution in [0.2, 0.25) is 5.02 Å². The second kappa shape index (κ2) is 10.3. The molecule has 5 nitrogen and oxygen atoms in total. The Hall–Kier alpha value is -2.45. The normalized spacial score (nSPS) is 11.3. The summed E-state index contributed by atoms with van der Waals surface area (Å²) in [5, 5.41) is 0.598. The van der Waals surface area contributed by atoms with Crippen LogP contribution in [0.3, 0.4) is 0 Å². The summed E-state index contributed by atoms with van der Waals surface area (Å²) in [5.74, 6) is 4.72. The van der Waals surface area contributed by atoms with Gasteiger partial charge in [-0.3, -0.25) is 0 Å². The molecule has 0 radical (unpaired) electrons. The van der Waals surface area contributed by atoms with Gasteiger partial charge in [-0.1, -0.05) is 23.4 Å². The highest BCUT2D eigenvalue weighted by atomic mass is 35.5. The van der Waals surface area contributed by atoms with E-state index in [4.69, 9.17) is 21.1 Å². The van der Waals surface area contributed by atoms with E-state index in [1.807, 2.05) is 6.92 Å². The van der Waals surface area contributed by atoms with Crippen LogP contribution in [0, 0.1) is 18.8 Å². The third-order valence-electron chi connectivity index (χ3n) is 2.75. The van der Waals surface area contributed by atoms with Crippen molar-refractivity contribution < 1.29 is 23.8 Å². The molecule has 1 rings (SSSR count). The summed E-state index contributed by atoms with van der Waals surface area (Å²) in [6, 6.07) is 5.13. The molecule has 128 valence electrons. The zero-order chi connectivity index (χ0) is 17.9. The summed E-state index contributed by atoms with van der Waals surface area (Å²) in [6.45, 7) is 5.34. The first kappa shape index (κ1) is 19.6. The van der Waals surface area contributed by atoms with Crippen LogP contribution in [-0.4, -0.2) is 31.3 Å². The summed E-state index contributed by atoms with van der Waals surface area (Å²) >= 11 is 5.87. The molecule has 0 aliphatic heterocycles. The van der Waals surface area contributed by atoms with E-state index in [1.54, 1.807) is 32.0 Å². The van der Waals surface area contributed by atoms with Crippen LogP contribution in [0.4, 0.5) is 0 Å². The highest BCUT2D eigenvalue weighted by Crippen LogP contribution is 2.22. The summed E-state index contributed by atoms with van der Waals surface area (Å²) < 4.78 is 15.2. The van der Waals surface area contributed by atoms with Crippen LogP contribution < -0.4 is 4.74 Å². The third-order valence-corrected chi connectivity index (χ3v) is 2.99. The Morgan fingerprint density at radius 1 is 1.33 bits per heavy atom. The van der Waals surface area contributed by atoms with Crippen LogP contribution >= 0.6 is 11.6 Å². The van der Waals surface area contributed by atoms with Crippen LogP contribution in [0.1, 0.15) is 19.4 Å². The molecule has 0 amide bonds. The molecular formula is C18H19ClO5. The van der Waals surface area contributed by atoms with Gasteiger partial charge in [0.15, 0.2) is 12.7 Å². The average Bonchev–Trinajstić information content (AvgIpc) is 2.53. The summed E-state index contributed by atoms with van der Waals surface area (Å²) in [7, 11) is 0. The van der Waals surface area contributed by atoms with Crippen molar-refractivity contribution in [2.45, 2.75) is 26.9 Å². The first-order valence-corrected chi connectivity index (χ1v) is 7.73. The number of esters is 2. The standard InChI is InChI=1S/C18H19ClO5/c1-4-22-17(20)8-6-5-7-11-23-18(21)14(3)24-16-10-9-15(19)12-13(16)2/h6,8-10,12,14H,4,11H2,1-3H3/b8-6+. The van der Waals surface area contributed by atoms with Gasteiger partial charge in [0, 0.05) is 11.1 Å². The molecule has 0 saturated heterocycles. The Morgan fingerprint density at radius 3 is 2.75 bits per heavy atom. The number of ether oxygens (including phenoxy) is 3. The number of allylic oxidation sites excluding steroid dienone is 1. The molecule has 0 heterocycles. The first-order valence-electron chi connectivity index (χ1n) is 7.35.